The summed E-state index contributed by atoms with van der Waals surface area (Å²) in [5, 5.41) is 0.564. The number of fused-ring (bicyclic) bond motifs is 1. The van der Waals surface area contributed by atoms with Crippen molar-refractivity contribution in [2.45, 2.75) is 19.6 Å². The van der Waals surface area contributed by atoms with Gasteiger partial charge in [0, 0.05) is 17.8 Å². The molecule has 0 atom stereocenters. The van der Waals surface area contributed by atoms with E-state index in [0.29, 0.717) is 24.8 Å². The second kappa shape index (κ2) is 5.50. The van der Waals surface area contributed by atoms with Crippen molar-refractivity contribution in [3.05, 3.63) is 46.5 Å². The monoisotopic (exact) mass is 289 g/mol. The molecule has 0 unspecified atom stereocenters. The topological polar surface area (TPSA) is 68.5 Å². The van der Waals surface area contributed by atoms with Crippen LogP contribution in [0.5, 0.6) is 0 Å². The van der Waals surface area contributed by atoms with Crippen molar-refractivity contribution >= 4 is 22.6 Å². The number of nitrogens with zero attached hydrogens (tertiary/aromatic N) is 2. The Morgan fingerprint density at radius 1 is 1.40 bits per heavy atom. The van der Waals surface area contributed by atoms with Gasteiger partial charge >= 0.3 is 6.09 Å². The maximum Gasteiger partial charge on any atom is 0.410 e. The molecule has 1 aliphatic rings. The van der Waals surface area contributed by atoms with Gasteiger partial charge in [-0.3, -0.25) is 0 Å². The van der Waals surface area contributed by atoms with E-state index in [4.69, 9.17) is 10.5 Å². The number of nitrogens with two attached hydrogens (primary N) is 1. The fourth-order valence-corrected chi connectivity index (χ4v) is 3.08. The normalized spacial score (nSPS) is 13.9. The number of carbonyl (C=O) groups is 1. The van der Waals surface area contributed by atoms with Gasteiger partial charge in [0.1, 0.15) is 6.61 Å². The summed E-state index contributed by atoms with van der Waals surface area (Å²) in [6, 6.07) is 9.66. The summed E-state index contributed by atoms with van der Waals surface area (Å²) in [5.74, 6) is 0. The Balaban J connectivity index is 1.59. The zero-order valence-electron chi connectivity index (χ0n) is 10.9. The lowest BCUT2D eigenvalue weighted by atomic mass is 10.2. The lowest BCUT2D eigenvalue weighted by molar-refractivity contribution is 0.0921. The van der Waals surface area contributed by atoms with Crippen molar-refractivity contribution in [1.82, 2.24) is 9.88 Å². The third-order valence-corrected chi connectivity index (χ3v) is 4.12. The summed E-state index contributed by atoms with van der Waals surface area (Å²) in [6.07, 6.45) is 0.454. The van der Waals surface area contributed by atoms with Crippen LogP contribution in [0.1, 0.15) is 16.1 Å². The molecule has 5 nitrogen and oxygen atoms in total. The molecule has 2 N–H and O–H groups in total. The zero-order valence-corrected chi connectivity index (χ0v) is 11.7. The largest absolute Gasteiger partial charge is 0.445 e. The first-order valence-corrected chi connectivity index (χ1v) is 7.23. The molecule has 0 fully saturated rings. The fourth-order valence-electron chi connectivity index (χ4n) is 2.18. The Morgan fingerprint density at radius 3 is 3.00 bits per heavy atom. The highest BCUT2D eigenvalue weighted by Gasteiger charge is 2.24. The number of rotatable bonds is 2. The predicted octanol–water partition coefficient (Wildman–Crippen LogP) is 2.42. The standard InChI is InChI=1S/C14H15N3O2S/c15-13-16-11-6-7-17(8-12(11)20-13)14(18)19-9-10-4-2-1-3-5-10/h1-5H,6-9H2,(H2,15,16). The minimum atomic E-state index is -0.286. The molecule has 0 saturated heterocycles. The number of benzene rings is 1. The van der Waals surface area contributed by atoms with Crippen LogP contribution in [-0.4, -0.2) is 22.5 Å². The van der Waals surface area contributed by atoms with Crippen molar-refractivity contribution in [2.75, 3.05) is 12.3 Å². The minimum absolute atomic E-state index is 0.286. The Bertz CT molecular complexity index is 612. The molecule has 20 heavy (non-hydrogen) atoms. The summed E-state index contributed by atoms with van der Waals surface area (Å²) in [5.41, 5.74) is 7.69. The maximum atomic E-state index is 12.0. The third-order valence-electron chi connectivity index (χ3n) is 3.21. The highest BCUT2D eigenvalue weighted by atomic mass is 32.1. The van der Waals surface area contributed by atoms with Gasteiger partial charge in [0.25, 0.3) is 0 Å². The molecule has 1 aromatic carbocycles. The number of aromatic nitrogens is 1. The first kappa shape index (κ1) is 12.9. The van der Waals surface area contributed by atoms with E-state index in [1.165, 1.54) is 11.3 Å². The summed E-state index contributed by atoms with van der Waals surface area (Å²) in [6.45, 7) is 1.47. The molecule has 1 amide bonds. The van der Waals surface area contributed by atoms with Crippen LogP contribution in [0.4, 0.5) is 9.93 Å². The van der Waals surface area contributed by atoms with Gasteiger partial charge in [0.15, 0.2) is 5.13 Å². The lowest BCUT2D eigenvalue weighted by Gasteiger charge is -2.25. The smallest absolute Gasteiger partial charge is 0.410 e. The quantitative estimate of drug-likeness (QED) is 0.922. The Kier molecular flexibility index (Phi) is 3.56. The number of thiazole rings is 1. The van der Waals surface area contributed by atoms with Crippen LogP contribution >= 0.6 is 11.3 Å². The maximum absolute atomic E-state index is 12.0. The fraction of sp³-hybridized carbons (Fsp3) is 0.286. The van der Waals surface area contributed by atoms with E-state index >= 15 is 0 Å². The number of hydrogen-bond acceptors (Lipinski definition) is 5. The van der Waals surface area contributed by atoms with E-state index in [9.17, 15) is 4.79 Å². The highest BCUT2D eigenvalue weighted by molar-refractivity contribution is 7.15. The van der Waals surface area contributed by atoms with Crippen LogP contribution in [0.3, 0.4) is 0 Å². The van der Waals surface area contributed by atoms with E-state index in [2.05, 4.69) is 4.98 Å². The molecule has 6 heteroatoms. The van der Waals surface area contributed by atoms with Gasteiger partial charge in [-0.2, -0.15) is 0 Å². The van der Waals surface area contributed by atoms with Gasteiger partial charge in [-0.1, -0.05) is 30.3 Å². The van der Waals surface area contributed by atoms with Gasteiger partial charge < -0.3 is 15.4 Å². The van der Waals surface area contributed by atoms with E-state index in [1.54, 1.807) is 4.90 Å². The molecule has 104 valence electrons. The second-order valence-electron chi connectivity index (χ2n) is 4.63. The SMILES string of the molecule is Nc1nc2c(s1)CN(C(=O)OCc1ccccc1)CC2. The summed E-state index contributed by atoms with van der Waals surface area (Å²) in [7, 11) is 0. The molecule has 0 bridgehead atoms. The van der Waals surface area contributed by atoms with Crippen LogP contribution in [-0.2, 0) is 24.3 Å². The van der Waals surface area contributed by atoms with Gasteiger partial charge in [-0.05, 0) is 5.56 Å². The minimum Gasteiger partial charge on any atom is -0.445 e. The predicted molar refractivity (Wildman–Crippen MR) is 77.3 cm³/mol. The van der Waals surface area contributed by atoms with Gasteiger partial charge in [0.2, 0.25) is 0 Å². The number of anilines is 1. The van der Waals surface area contributed by atoms with E-state index in [1.807, 2.05) is 30.3 Å². The van der Waals surface area contributed by atoms with Gasteiger partial charge in [-0.15, -0.1) is 11.3 Å². The average Bonchev–Trinajstić information content (AvgIpc) is 2.85. The summed E-state index contributed by atoms with van der Waals surface area (Å²) < 4.78 is 5.33. The number of nitrogen functional groups attached to an aromatic ring is 1. The van der Waals surface area contributed by atoms with E-state index in [-0.39, 0.29) is 6.09 Å². The van der Waals surface area contributed by atoms with Crippen molar-refractivity contribution < 1.29 is 9.53 Å². The molecule has 0 saturated carbocycles. The number of hydrogen-bond donors (Lipinski definition) is 1. The zero-order chi connectivity index (χ0) is 13.9. The Hall–Kier alpha value is -2.08. The van der Waals surface area contributed by atoms with Crippen LogP contribution in [0, 0.1) is 0 Å². The average molecular weight is 289 g/mol. The second-order valence-corrected chi connectivity index (χ2v) is 5.75. The van der Waals surface area contributed by atoms with Crippen LogP contribution in [0.15, 0.2) is 30.3 Å². The molecule has 0 spiro atoms. The van der Waals surface area contributed by atoms with Crippen molar-refractivity contribution in [3.8, 4) is 0 Å². The van der Waals surface area contributed by atoms with Crippen LogP contribution in [0.2, 0.25) is 0 Å². The number of carbonyl (C=O) groups excluding carboxylic acids is 1. The lowest BCUT2D eigenvalue weighted by Crippen LogP contribution is -2.35. The van der Waals surface area contributed by atoms with E-state index < -0.39 is 0 Å². The molecule has 2 heterocycles. The molecule has 2 aromatic rings. The van der Waals surface area contributed by atoms with Crippen molar-refractivity contribution in [1.29, 1.82) is 0 Å². The molecule has 0 radical (unpaired) electrons. The summed E-state index contributed by atoms with van der Waals surface area (Å²) >= 11 is 1.44. The van der Waals surface area contributed by atoms with Crippen LogP contribution in [0.25, 0.3) is 0 Å². The first-order chi connectivity index (χ1) is 9.72. The van der Waals surface area contributed by atoms with E-state index in [0.717, 1.165) is 22.6 Å². The molecular weight excluding hydrogens is 274 g/mol. The first-order valence-electron chi connectivity index (χ1n) is 6.42. The van der Waals surface area contributed by atoms with Gasteiger partial charge in [-0.25, -0.2) is 9.78 Å². The molecular formula is C14H15N3O2S. The highest BCUT2D eigenvalue weighted by Crippen LogP contribution is 2.26. The third kappa shape index (κ3) is 2.75. The van der Waals surface area contributed by atoms with Gasteiger partial charge in [0.05, 0.1) is 12.2 Å². The Labute approximate surface area is 121 Å². The Morgan fingerprint density at radius 2 is 2.20 bits per heavy atom. The van der Waals surface area contributed by atoms with Crippen LogP contribution < -0.4 is 5.73 Å². The number of amides is 1. The molecule has 1 aromatic heterocycles. The summed E-state index contributed by atoms with van der Waals surface area (Å²) in [4.78, 5) is 19.1. The van der Waals surface area contributed by atoms with Crippen molar-refractivity contribution in [3.63, 3.8) is 0 Å². The number of ether oxygens (including phenoxy) is 1. The molecule has 0 aliphatic carbocycles. The molecule has 1 aliphatic heterocycles. The van der Waals surface area contributed by atoms with Crippen molar-refractivity contribution in [2.24, 2.45) is 0 Å². The molecule has 3 rings (SSSR count).